The van der Waals surface area contributed by atoms with Crippen molar-refractivity contribution in [1.29, 1.82) is 0 Å². The highest BCUT2D eigenvalue weighted by Crippen LogP contribution is 2.38. The minimum Gasteiger partial charge on any atom is -0.325 e. The zero-order chi connectivity index (χ0) is 10.3. The molecule has 1 N–H and O–H groups in total. The third kappa shape index (κ3) is 1.22. The molecule has 1 aliphatic rings. The molecule has 1 amide bonds. The van der Waals surface area contributed by atoms with Crippen molar-refractivity contribution in [2.45, 2.75) is 26.7 Å². The summed E-state index contributed by atoms with van der Waals surface area (Å²) in [5, 5.41) is 2.93. The van der Waals surface area contributed by atoms with Gasteiger partial charge in [0, 0.05) is 5.69 Å². The molecule has 0 spiro atoms. The van der Waals surface area contributed by atoms with Gasteiger partial charge >= 0.3 is 0 Å². The summed E-state index contributed by atoms with van der Waals surface area (Å²) >= 11 is 0. The van der Waals surface area contributed by atoms with Crippen LogP contribution in [-0.4, -0.2) is 5.91 Å². The maximum Gasteiger partial charge on any atom is 0.232 e. The maximum atomic E-state index is 11.7. The summed E-state index contributed by atoms with van der Waals surface area (Å²) in [5.74, 6) is 0.535. The Hall–Kier alpha value is -1.31. The number of anilines is 1. The van der Waals surface area contributed by atoms with Gasteiger partial charge in [-0.1, -0.05) is 26.0 Å². The van der Waals surface area contributed by atoms with Gasteiger partial charge in [0.25, 0.3) is 0 Å². The Morgan fingerprint density at radius 2 is 2.07 bits per heavy atom. The summed E-state index contributed by atoms with van der Waals surface area (Å²) < 4.78 is 0. The lowest BCUT2D eigenvalue weighted by Gasteiger charge is -2.14. The number of rotatable bonds is 1. The average molecular weight is 189 g/mol. The third-order valence-electron chi connectivity index (χ3n) is 2.84. The summed E-state index contributed by atoms with van der Waals surface area (Å²) in [7, 11) is 0. The van der Waals surface area contributed by atoms with Crippen LogP contribution in [0.1, 0.15) is 30.9 Å². The van der Waals surface area contributed by atoms with E-state index in [0.717, 1.165) is 5.69 Å². The summed E-state index contributed by atoms with van der Waals surface area (Å²) in [6, 6.07) is 6.02. The van der Waals surface area contributed by atoms with Crippen LogP contribution < -0.4 is 5.32 Å². The Morgan fingerprint density at radius 3 is 2.71 bits per heavy atom. The number of carbonyl (C=O) groups excluding carboxylic acids is 1. The molecule has 1 aromatic carbocycles. The lowest BCUT2D eigenvalue weighted by atomic mass is 9.87. The largest absolute Gasteiger partial charge is 0.325 e. The molecule has 1 heterocycles. The van der Waals surface area contributed by atoms with Crippen molar-refractivity contribution in [3.63, 3.8) is 0 Å². The zero-order valence-corrected chi connectivity index (χ0v) is 8.79. The lowest BCUT2D eigenvalue weighted by Crippen LogP contribution is -2.17. The molecule has 74 valence electrons. The molecule has 0 fully saturated rings. The Morgan fingerprint density at radius 1 is 1.36 bits per heavy atom. The first-order valence-corrected chi connectivity index (χ1v) is 5.01. The molecule has 0 saturated heterocycles. The van der Waals surface area contributed by atoms with Crippen molar-refractivity contribution in [2.75, 3.05) is 5.32 Å². The van der Waals surface area contributed by atoms with E-state index in [2.05, 4.69) is 32.2 Å². The van der Waals surface area contributed by atoms with Gasteiger partial charge in [-0.25, -0.2) is 0 Å². The van der Waals surface area contributed by atoms with Crippen LogP contribution in [0.25, 0.3) is 0 Å². The first-order valence-electron chi connectivity index (χ1n) is 5.01. The SMILES string of the molecule is Cc1cccc2c1C(C(C)C)C(=O)N2. The van der Waals surface area contributed by atoms with Gasteiger partial charge in [-0.05, 0) is 30.0 Å². The highest BCUT2D eigenvalue weighted by atomic mass is 16.2. The lowest BCUT2D eigenvalue weighted by molar-refractivity contribution is -0.117. The van der Waals surface area contributed by atoms with Crippen molar-refractivity contribution >= 4 is 11.6 Å². The van der Waals surface area contributed by atoms with E-state index in [1.807, 2.05) is 12.1 Å². The molecule has 2 heteroatoms. The van der Waals surface area contributed by atoms with Crippen LogP contribution in [0.2, 0.25) is 0 Å². The molecule has 2 rings (SSSR count). The van der Waals surface area contributed by atoms with E-state index in [0.29, 0.717) is 5.92 Å². The number of nitrogens with one attached hydrogen (secondary N) is 1. The Kier molecular flexibility index (Phi) is 2.06. The highest BCUT2D eigenvalue weighted by molar-refractivity contribution is 6.03. The second kappa shape index (κ2) is 3.12. The van der Waals surface area contributed by atoms with Gasteiger partial charge in [0.2, 0.25) is 5.91 Å². The summed E-state index contributed by atoms with van der Waals surface area (Å²) in [5.41, 5.74) is 3.39. The second-order valence-electron chi connectivity index (χ2n) is 4.25. The fourth-order valence-electron chi connectivity index (χ4n) is 2.18. The number of hydrogen-bond acceptors (Lipinski definition) is 1. The van der Waals surface area contributed by atoms with Gasteiger partial charge in [-0.3, -0.25) is 4.79 Å². The number of hydrogen-bond donors (Lipinski definition) is 1. The van der Waals surface area contributed by atoms with Crippen LogP contribution in [-0.2, 0) is 4.79 Å². The zero-order valence-electron chi connectivity index (χ0n) is 8.79. The molecule has 2 nitrogen and oxygen atoms in total. The molecule has 14 heavy (non-hydrogen) atoms. The van der Waals surface area contributed by atoms with Crippen LogP contribution in [0.4, 0.5) is 5.69 Å². The number of benzene rings is 1. The maximum absolute atomic E-state index is 11.7. The number of amides is 1. The topological polar surface area (TPSA) is 29.1 Å². The molecule has 1 unspecified atom stereocenters. The molecular weight excluding hydrogens is 174 g/mol. The van der Waals surface area contributed by atoms with Crippen molar-refractivity contribution in [3.8, 4) is 0 Å². The Labute approximate surface area is 84.3 Å². The standard InChI is InChI=1S/C12H15NO/c1-7(2)10-11-8(3)5-4-6-9(11)13-12(10)14/h4-7,10H,1-3H3,(H,13,14). The van der Waals surface area contributed by atoms with Crippen LogP contribution >= 0.6 is 0 Å². The molecule has 0 aliphatic carbocycles. The van der Waals surface area contributed by atoms with E-state index >= 15 is 0 Å². The quantitative estimate of drug-likeness (QED) is 0.723. The van der Waals surface area contributed by atoms with E-state index in [9.17, 15) is 4.79 Å². The smallest absolute Gasteiger partial charge is 0.232 e. The number of aryl methyl sites for hydroxylation is 1. The second-order valence-corrected chi connectivity index (χ2v) is 4.25. The molecule has 1 atom stereocenters. The fraction of sp³-hybridized carbons (Fsp3) is 0.417. The number of fused-ring (bicyclic) bond motifs is 1. The van der Waals surface area contributed by atoms with Crippen molar-refractivity contribution < 1.29 is 4.79 Å². The third-order valence-corrected chi connectivity index (χ3v) is 2.84. The summed E-state index contributed by atoms with van der Waals surface area (Å²) in [6.07, 6.45) is 0. The van der Waals surface area contributed by atoms with Crippen LogP contribution in [0.5, 0.6) is 0 Å². The van der Waals surface area contributed by atoms with Crippen LogP contribution in [0.3, 0.4) is 0 Å². The van der Waals surface area contributed by atoms with Gasteiger partial charge in [-0.2, -0.15) is 0 Å². The van der Waals surface area contributed by atoms with Crippen molar-refractivity contribution in [3.05, 3.63) is 29.3 Å². The van der Waals surface area contributed by atoms with Crippen LogP contribution in [0.15, 0.2) is 18.2 Å². The first kappa shape index (κ1) is 9.25. The van der Waals surface area contributed by atoms with Crippen molar-refractivity contribution in [1.82, 2.24) is 0 Å². The van der Waals surface area contributed by atoms with Crippen molar-refractivity contribution in [2.24, 2.45) is 5.92 Å². The van der Waals surface area contributed by atoms with Gasteiger partial charge in [-0.15, -0.1) is 0 Å². The van der Waals surface area contributed by atoms with Crippen LogP contribution in [0, 0.1) is 12.8 Å². The van der Waals surface area contributed by atoms with Gasteiger partial charge < -0.3 is 5.32 Å². The number of carbonyl (C=O) groups is 1. The molecule has 0 radical (unpaired) electrons. The molecule has 0 saturated carbocycles. The summed E-state index contributed by atoms with van der Waals surface area (Å²) in [4.78, 5) is 11.7. The Balaban J connectivity index is 2.55. The van der Waals surface area contributed by atoms with E-state index in [1.54, 1.807) is 0 Å². The molecule has 1 aromatic rings. The monoisotopic (exact) mass is 189 g/mol. The normalized spacial score (nSPS) is 19.7. The minimum atomic E-state index is 0.0335. The van der Waals surface area contributed by atoms with E-state index in [4.69, 9.17) is 0 Å². The van der Waals surface area contributed by atoms with Gasteiger partial charge in [0.1, 0.15) is 0 Å². The van der Waals surface area contributed by atoms with Gasteiger partial charge in [0.15, 0.2) is 0 Å². The molecule has 0 aromatic heterocycles. The highest BCUT2D eigenvalue weighted by Gasteiger charge is 2.33. The minimum absolute atomic E-state index is 0.0335. The summed E-state index contributed by atoms with van der Waals surface area (Å²) in [6.45, 7) is 6.24. The molecule has 0 bridgehead atoms. The fourth-order valence-corrected chi connectivity index (χ4v) is 2.18. The first-order chi connectivity index (χ1) is 6.61. The predicted octanol–water partition coefficient (Wildman–Crippen LogP) is 2.69. The predicted molar refractivity (Wildman–Crippen MR) is 57.4 cm³/mol. The average Bonchev–Trinajstić information content (AvgIpc) is 2.42. The van der Waals surface area contributed by atoms with E-state index < -0.39 is 0 Å². The van der Waals surface area contributed by atoms with Gasteiger partial charge in [0.05, 0.1) is 5.92 Å². The molecule has 1 aliphatic heterocycles. The van der Waals surface area contributed by atoms with E-state index in [-0.39, 0.29) is 11.8 Å². The molecular formula is C12H15NO. The van der Waals surface area contributed by atoms with E-state index in [1.165, 1.54) is 11.1 Å². The Bertz CT molecular complexity index is 382.